The molecule has 1 N–H and O–H groups in total. The largest absolute Gasteiger partial charge is 0.492 e. The van der Waals surface area contributed by atoms with Crippen LogP contribution >= 0.6 is 0 Å². The van der Waals surface area contributed by atoms with Crippen LogP contribution in [-0.2, 0) is 0 Å². The Labute approximate surface area is 112 Å². The molecular formula is C16H27NO. The highest BCUT2D eigenvalue weighted by Gasteiger charge is 2.23. The summed E-state index contributed by atoms with van der Waals surface area (Å²) in [6.45, 7) is 11.8. The molecule has 2 heteroatoms. The molecule has 0 aromatic heterocycles. The minimum Gasteiger partial charge on any atom is -0.492 e. The zero-order valence-corrected chi connectivity index (χ0v) is 12.6. The summed E-state index contributed by atoms with van der Waals surface area (Å²) < 4.78 is 6.02. The van der Waals surface area contributed by atoms with Crippen molar-refractivity contribution in [3.05, 3.63) is 29.8 Å². The Morgan fingerprint density at radius 2 is 1.78 bits per heavy atom. The number of rotatable bonds is 5. The zero-order chi connectivity index (χ0) is 13.8. The van der Waals surface area contributed by atoms with Gasteiger partial charge in [0, 0.05) is 6.04 Å². The van der Waals surface area contributed by atoms with Gasteiger partial charge in [-0.25, -0.2) is 0 Å². The Hall–Kier alpha value is -1.02. The first-order chi connectivity index (χ1) is 8.36. The van der Waals surface area contributed by atoms with Crippen LogP contribution in [0.25, 0.3) is 0 Å². The smallest absolute Gasteiger partial charge is 0.122 e. The lowest BCUT2D eigenvalue weighted by atomic mass is 9.87. The van der Waals surface area contributed by atoms with E-state index < -0.39 is 0 Å². The van der Waals surface area contributed by atoms with Crippen molar-refractivity contribution < 1.29 is 4.74 Å². The number of benzene rings is 1. The molecular weight excluding hydrogens is 222 g/mol. The monoisotopic (exact) mass is 249 g/mol. The molecule has 0 aliphatic rings. The van der Waals surface area contributed by atoms with Gasteiger partial charge in [0.1, 0.15) is 12.4 Å². The quantitative estimate of drug-likeness (QED) is 0.856. The Morgan fingerprint density at radius 3 is 2.28 bits per heavy atom. The van der Waals surface area contributed by atoms with E-state index in [1.54, 1.807) is 0 Å². The number of nitrogens with one attached hydrogen (secondary N) is 1. The second kappa shape index (κ2) is 6.24. The molecule has 0 aliphatic carbocycles. The van der Waals surface area contributed by atoms with Crippen LogP contribution in [0.1, 0.15) is 46.1 Å². The van der Waals surface area contributed by atoms with E-state index in [0.29, 0.717) is 18.6 Å². The lowest BCUT2D eigenvalue weighted by Gasteiger charge is -2.30. The van der Waals surface area contributed by atoms with E-state index in [1.807, 2.05) is 13.1 Å². The molecule has 0 bridgehead atoms. The van der Waals surface area contributed by atoms with Crippen LogP contribution in [0.4, 0.5) is 0 Å². The second-order valence-electron chi connectivity index (χ2n) is 6.21. The van der Waals surface area contributed by atoms with Gasteiger partial charge in [0.2, 0.25) is 0 Å². The summed E-state index contributed by atoms with van der Waals surface area (Å²) in [5.41, 5.74) is 1.47. The highest BCUT2D eigenvalue weighted by molar-refractivity contribution is 5.35. The van der Waals surface area contributed by atoms with Gasteiger partial charge < -0.3 is 10.1 Å². The normalized spacial score (nSPS) is 13.7. The summed E-state index contributed by atoms with van der Waals surface area (Å²) in [5, 5.41) is 3.34. The Balaban J connectivity index is 2.74. The molecule has 1 aromatic rings. The molecule has 0 amide bonds. The lowest BCUT2D eigenvalue weighted by molar-refractivity contribution is 0.180. The highest BCUT2D eigenvalue weighted by Crippen LogP contribution is 2.27. The molecule has 18 heavy (non-hydrogen) atoms. The van der Waals surface area contributed by atoms with Crippen LogP contribution < -0.4 is 10.1 Å². The van der Waals surface area contributed by atoms with Gasteiger partial charge in [-0.3, -0.25) is 0 Å². The Kier molecular flexibility index (Phi) is 5.21. The van der Waals surface area contributed by atoms with Gasteiger partial charge >= 0.3 is 0 Å². The maximum absolute atomic E-state index is 6.02. The highest BCUT2D eigenvalue weighted by atomic mass is 16.5. The standard InChI is InChI=1S/C16H27NO/c1-12(2)13-9-7-8-10-14(13)18-11-15(17-6)16(3,4)5/h7-10,12,15,17H,11H2,1-6H3. The fourth-order valence-electron chi connectivity index (χ4n) is 2.03. The summed E-state index contributed by atoms with van der Waals surface area (Å²) in [4.78, 5) is 0. The Morgan fingerprint density at radius 1 is 1.17 bits per heavy atom. The third kappa shape index (κ3) is 4.02. The molecule has 0 saturated heterocycles. The Bertz CT molecular complexity index is 366. The van der Waals surface area contributed by atoms with Crippen LogP contribution in [-0.4, -0.2) is 19.7 Å². The second-order valence-corrected chi connectivity index (χ2v) is 6.21. The zero-order valence-electron chi connectivity index (χ0n) is 12.6. The summed E-state index contributed by atoms with van der Waals surface area (Å²) in [5.74, 6) is 1.50. The minimum absolute atomic E-state index is 0.196. The molecule has 102 valence electrons. The maximum Gasteiger partial charge on any atom is 0.122 e. The number of hydrogen-bond acceptors (Lipinski definition) is 2. The van der Waals surface area contributed by atoms with E-state index in [4.69, 9.17) is 4.74 Å². The van der Waals surface area contributed by atoms with Crippen molar-refractivity contribution in [2.24, 2.45) is 5.41 Å². The van der Waals surface area contributed by atoms with Crippen molar-refractivity contribution in [2.75, 3.05) is 13.7 Å². The van der Waals surface area contributed by atoms with Gasteiger partial charge in [0.25, 0.3) is 0 Å². The van der Waals surface area contributed by atoms with E-state index in [9.17, 15) is 0 Å². The van der Waals surface area contributed by atoms with Crippen molar-refractivity contribution in [1.29, 1.82) is 0 Å². The molecule has 0 saturated carbocycles. The summed E-state index contributed by atoms with van der Waals surface area (Å²) in [7, 11) is 1.99. The van der Waals surface area contributed by atoms with E-state index >= 15 is 0 Å². The fourth-order valence-corrected chi connectivity index (χ4v) is 2.03. The van der Waals surface area contributed by atoms with Crippen LogP contribution in [0.5, 0.6) is 5.75 Å². The van der Waals surface area contributed by atoms with Gasteiger partial charge in [-0.05, 0) is 30.0 Å². The molecule has 0 fully saturated rings. The molecule has 1 unspecified atom stereocenters. The third-order valence-corrected chi connectivity index (χ3v) is 3.34. The van der Waals surface area contributed by atoms with Crippen LogP contribution in [0.2, 0.25) is 0 Å². The van der Waals surface area contributed by atoms with E-state index in [1.165, 1.54) is 5.56 Å². The average Bonchev–Trinajstić information content (AvgIpc) is 2.28. The van der Waals surface area contributed by atoms with Crippen molar-refractivity contribution in [3.8, 4) is 5.75 Å². The van der Waals surface area contributed by atoms with Gasteiger partial charge in [-0.15, -0.1) is 0 Å². The van der Waals surface area contributed by atoms with Gasteiger partial charge in [-0.1, -0.05) is 52.8 Å². The van der Waals surface area contributed by atoms with Crippen LogP contribution in [0.3, 0.4) is 0 Å². The first-order valence-corrected chi connectivity index (χ1v) is 6.75. The lowest BCUT2D eigenvalue weighted by Crippen LogP contribution is -2.42. The SMILES string of the molecule is CNC(COc1ccccc1C(C)C)C(C)(C)C. The molecule has 1 atom stereocenters. The van der Waals surface area contributed by atoms with E-state index in [-0.39, 0.29) is 5.41 Å². The third-order valence-electron chi connectivity index (χ3n) is 3.34. The number of para-hydroxylation sites is 1. The van der Waals surface area contributed by atoms with Crippen molar-refractivity contribution >= 4 is 0 Å². The number of ether oxygens (including phenoxy) is 1. The predicted octanol–water partition coefficient (Wildman–Crippen LogP) is 3.82. The summed E-state index contributed by atoms with van der Waals surface area (Å²) in [6, 6.07) is 8.66. The molecule has 0 heterocycles. The summed E-state index contributed by atoms with van der Waals surface area (Å²) in [6.07, 6.45) is 0. The van der Waals surface area contributed by atoms with Crippen molar-refractivity contribution in [2.45, 2.75) is 46.6 Å². The first-order valence-electron chi connectivity index (χ1n) is 6.75. The molecule has 0 radical (unpaired) electrons. The molecule has 1 aromatic carbocycles. The molecule has 2 nitrogen and oxygen atoms in total. The number of hydrogen-bond donors (Lipinski definition) is 1. The number of likely N-dealkylation sites (N-methyl/N-ethyl adjacent to an activating group) is 1. The van der Waals surface area contributed by atoms with Crippen molar-refractivity contribution in [3.63, 3.8) is 0 Å². The molecule has 0 aliphatic heterocycles. The van der Waals surface area contributed by atoms with Crippen LogP contribution in [0, 0.1) is 5.41 Å². The molecule has 0 spiro atoms. The predicted molar refractivity (Wildman–Crippen MR) is 78.3 cm³/mol. The van der Waals surface area contributed by atoms with Gasteiger partial charge in [0.05, 0.1) is 0 Å². The van der Waals surface area contributed by atoms with E-state index in [2.05, 4.69) is 58.1 Å². The van der Waals surface area contributed by atoms with Gasteiger partial charge in [-0.2, -0.15) is 0 Å². The fraction of sp³-hybridized carbons (Fsp3) is 0.625. The average molecular weight is 249 g/mol. The van der Waals surface area contributed by atoms with Crippen LogP contribution in [0.15, 0.2) is 24.3 Å². The van der Waals surface area contributed by atoms with Crippen molar-refractivity contribution in [1.82, 2.24) is 5.32 Å². The maximum atomic E-state index is 6.02. The summed E-state index contributed by atoms with van der Waals surface area (Å²) >= 11 is 0. The topological polar surface area (TPSA) is 21.3 Å². The van der Waals surface area contributed by atoms with E-state index in [0.717, 1.165) is 5.75 Å². The minimum atomic E-state index is 0.196. The molecule has 1 rings (SSSR count). The first kappa shape index (κ1) is 15.0. The van der Waals surface area contributed by atoms with Gasteiger partial charge in [0.15, 0.2) is 0 Å².